The molecule has 40 heavy (non-hydrogen) atoms. The zero-order valence-electron chi connectivity index (χ0n) is 22.4. The van der Waals surface area contributed by atoms with Crippen molar-refractivity contribution in [1.29, 1.82) is 0 Å². The molecule has 0 saturated carbocycles. The van der Waals surface area contributed by atoms with Gasteiger partial charge in [-0.15, -0.1) is 0 Å². The lowest BCUT2D eigenvalue weighted by molar-refractivity contribution is 0.0322. The first-order chi connectivity index (χ1) is 19.6. The van der Waals surface area contributed by atoms with Crippen molar-refractivity contribution in [1.82, 2.24) is 20.2 Å². The Hall–Kier alpha value is -3.99. The number of hydrogen-bond acceptors (Lipinski definition) is 9. The summed E-state index contributed by atoms with van der Waals surface area (Å²) in [6, 6.07) is 18.7. The topological polar surface area (TPSA) is 101 Å². The predicted molar refractivity (Wildman–Crippen MR) is 157 cm³/mol. The number of fused-ring (bicyclic) bond motifs is 1. The first-order valence-corrected chi connectivity index (χ1v) is 13.8. The summed E-state index contributed by atoms with van der Waals surface area (Å²) in [5.74, 6) is 0.799. The van der Waals surface area contributed by atoms with E-state index in [0.29, 0.717) is 46.2 Å². The minimum atomic E-state index is -0.383. The number of para-hydroxylation sites is 1. The van der Waals surface area contributed by atoms with Gasteiger partial charge in [0, 0.05) is 79.8 Å². The maximum atomic E-state index is 15.4. The van der Waals surface area contributed by atoms with Gasteiger partial charge < -0.3 is 30.7 Å². The molecule has 4 aromatic rings. The number of nitrogens with one attached hydrogen (secondary N) is 2. The maximum absolute atomic E-state index is 15.4. The molecule has 2 aliphatic heterocycles. The Kier molecular flexibility index (Phi) is 7.90. The Morgan fingerprint density at radius 3 is 2.52 bits per heavy atom. The molecule has 6 rings (SSSR count). The molecule has 3 aromatic carbocycles. The Morgan fingerprint density at radius 2 is 1.75 bits per heavy atom. The number of anilines is 4. The van der Waals surface area contributed by atoms with Crippen molar-refractivity contribution < 1.29 is 13.9 Å². The number of morpholine rings is 1. The number of nitrogens with zero attached hydrogens (tertiary/aromatic N) is 4. The van der Waals surface area contributed by atoms with Crippen LogP contribution in [-0.2, 0) is 4.74 Å². The van der Waals surface area contributed by atoms with E-state index >= 15 is 4.39 Å². The van der Waals surface area contributed by atoms with E-state index in [0.717, 1.165) is 64.7 Å². The lowest BCUT2D eigenvalue weighted by Crippen LogP contribution is -2.43. The number of piperazine rings is 1. The molecule has 1 aromatic heterocycles. The fourth-order valence-electron chi connectivity index (χ4n) is 5.18. The number of halogens is 1. The van der Waals surface area contributed by atoms with Crippen molar-refractivity contribution in [3.63, 3.8) is 0 Å². The zero-order chi connectivity index (χ0) is 27.3. The molecule has 2 fully saturated rings. The summed E-state index contributed by atoms with van der Waals surface area (Å²) in [5, 5.41) is 7.30. The Labute approximate surface area is 233 Å². The van der Waals surface area contributed by atoms with Crippen LogP contribution in [0, 0.1) is 5.82 Å². The minimum absolute atomic E-state index is 0.329. The van der Waals surface area contributed by atoms with Crippen LogP contribution >= 0.6 is 0 Å². The van der Waals surface area contributed by atoms with Crippen molar-refractivity contribution in [3.05, 3.63) is 66.5 Å². The largest absolute Gasteiger partial charge is 0.492 e. The average molecular weight is 544 g/mol. The van der Waals surface area contributed by atoms with Gasteiger partial charge >= 0.3 is 0 Å². The van der Waals surface area contributed by atoms with E-state index in [-0.39, 0.29) is 5.82 Å². The standard InChI is InChI=1S/C30H34FN7O2/c31-27-20-23(40-19-16-37-14-17-39-18-15-37)8-9-24(27)25-2-1-3-26-28(25)35-30(36-29(26)32)34-21-4-6-22(7-5-21)38-12-10-33-11-13-38/h1-9,20,33H,10-19H2,(H3,32,34,35,36). The zero-order valence-corrected chi connectivity index (χ0v) is 22.4. The molecule has 9 nitrogen and oxygen atoms in total. The second-order valence-corrected chi connectivity index (χ2v) is 9.99. The molecule has 0 radical (unpaired) electrons. The number of ether oxygens (including phenoxy) is 2. The second-order valence-electron chi connectivity index (χ2n) is 9.99. The number of benzene rings is 3. The van der Waals surface area contributed by atoms with Gasteiger partial charge in [0.1, 0.15) is 24.0 Å². The van der Waals surface area contributed by atoms with Crippen LogP contribution in [-0.4, -0.2) is 80.5 Å². The fourth-order valence-corrected chi connectivity index (χ4v) is 5.18. The van der Waals surface area contributed by atoms with Gasteiger partial charge in [-0.1, -0.05) is 12.1 Å². The van der Waals surface area contributed by atoms with Crippen LogP contribution in [0.5, 0.6) is 5.75 Å². The van der Waals surface area contributed by atoms with Crippen molar-refractivity contribution in [2.75, 3.05) is 81.6 Å². The van der Waals surface area contributed by atoms with Crippen molar-refractivity contribution in [2.45, 2.75) is 0 Å². The van der Waals surface area contributed by atoms with E-state index in [1.54, 1.807) is 12.1 Å². The molecule has 10 heteroatoms. The smallest absolute Gasteiger partial charge is 0.229 e. The molecule has 0 amide bonds. The first kappa shape index (κ1) is 26.2. The fraction of sp³-hybridized carbons (Fsp3) is 0.333. The van der Waals surface area contributed by atoms with Crippen LogP contribution in [0.15, 0.2) is 60.7 Å². The highest BCUT2D eigenvalue weighted by Crippen LogP contribution is 2.34. The van der Waals surface area contributed by atoms with E-state index in [4.69, 9.17) is 20.2 Å². The average Bonchev–Trinajstić information content (AvgIpc) is 2.99. The molecule has 2 aliphatic rings. The number of nitrogens with two attached hydrogens (primary N) is 1. The number of hydrogen-bond donors (Lipinski definition) is 3. The Morgan fingerprint density at radius 1 is 0.950 bits per heavy atom. The third-order valence-electron chi connectivity index (χ3n) is 7.37. The third kappa shape index (κ3) is 5.94. The molecule has 2 saturated heterocycles. The summed E-state index contributed by atoms with van der Waals surface area (Å²) in [4.78, 5) is 13.8. The van der Waals surface area contributed by atoms with Gasteiger partial charge in [-0.3, -0.25) is 4.90 Å². The predicted octanol–water partition coefficient (Wildman–Crippen LogP) is 3.88. The number of aromatic nitrogens is 2. The lowest BCUT2D eigenvalue weighted by atomic mass is 10.0. The lowest BCUT2D eigenvalue weighted by Gasteiger charge is -2.29. The van der Waals surface area contributed by atoms with E-state index in [1.807, 2.05) is 30.3 Å². The quantitative estimate of drug-likeness (QED) is 0.306. The summed E-state index contributed by atoms with van der Waals surface area (Å²) in [6.07, 6.45) is 0. The van der Waals surface area contributed by atoms with Crippen LogP contribution in [0.3, 0.4) is 0 Å². The minimum Gasteiger partial charge on any atom is -0.492 e. The summed E-state index contributed by atoms with van der Waals surface area (Å²) < 4.78 is 26.6. The highest BCUT2D eigenvalue weighted by molar-refractivity contribution is 5.99. The van der Waals surface area contributed by atoms with E-state index < -0.39 is 0 Å². The third-order valence-corrected chi connectivity index (χ3v) is 7.37. The van der Waals surface area contributed by atoms with Gasteiger partial charge in [0.2, 0.25) is 5.95 Å². The van der Waals surface area contributed by atoms with Crippen molar-refractivity contribution in [3.8, 4) is 16.9 Å². The highest BCUT2D eigenvalue weighted by Gasteiger charge is 2.16. The molecule has 3 heterocycles. The molecule has 4 N–H and O–H groups in total. The van der Waals surface area contributed by atoms with Crippen LogP contribution in [0.25, 0.3) is 22.0 Å². The monoisotopic (exact) mass is 543 g/mol. The highest BCUT2D eigenvalue weighted by atomic mass is 19.1. The molecule has 208 valence electrons. The van der Waals surface area contributed by atoms with Crippen molar-refractivity contribution in [2.24, 2.45) is 0 Å². The molecular formula is C30H34FN7O2. The molecule has 0 atom stereocenters. The number of rotatable bonds is 8. The molecule has 0 aliphatic carbocycles. The molecule has 0 bridgehead atoms. The Balaban J connectivity index is 1.20. The van der Waals surface area contributed by atoms with E-state index in [1.165, 1.54) is 11.8 Å². The van der Waals surface area contributed by atoms with E-state index in [2.05, 4.69) is 37.6 Å². The van der Waals surface area contributed by atoms with Gasteiger partial charge in [0.25, 0.3) is 0 Å². The SMILES string of the molecule is Nc1nc(Nc2ccc(N3CCNCC3)cc2)nc2c(-c3ccc(OCCN4CCOCC4)cc3F)cccc12. The summed E-state index contributed by atoms with van der Waals surface area (Å²) in [6.45, 7) is 8.46. The molecule has 0 spiro atoms. The van der Waals surface area contributed by atoms with Gasteiger partial charge in [0.05, 0.1) is 18.7 Å². The summed E-state index contributed by atoms with van der Waals surface area (Å²) >= 11 is 0. The van der Waals surface area contributed by atoms with Crippen LogP contribution in [0.2, 0.25) is 0 Å². The molecule has 0 unspecified atom stereocenters. The van der Waals surface area contributed by atoms with E-state index in [9.17, 15) is 0 Å². The van der Waals surface area contributed by atoms with Gasteiger partial charge in [-0.2, -0.15) is 4.98 Å². The summed E-state index contributed by atoms with van der Waals surface area (Å²) in [5.41, 5.74) is 10.00. The first-order valence-electron chi connectivity index (χ1n) is 13.8. The number of nitrogen functional groups attached to an aromatic ring is 1. The second kappa shape index (κ2) is 12.0. The van der Waals surface area contributed by atoms with Gasteiger partial charge in [-0.05, 0) is 42.5 Å². The van der Waals surface area contributed by atoms with Crippen LogP contribution in [0.1, 0.15) is 0 Å². The summed E-state index contributed by atoms with van der Waals surface area (Å²) in [7, 11) is 0. The van der Waals surface area contributed by atoms with Crippen molar-refractivity contribution >= 4 is 34.0 Å². The van der Waals surface area contributed by atoms with Crippen LogP contribution in [0.4, 0.5) is 27.5 Å². The van der Waals surface area contributed by atoms with Crippen LogP contribution < -0.4 is 26.0 Å². The Bertz CT molecular complexity index is 1450. The normalized spacial score (nSPS) is 16.3. The molecular weight excluding hydrogens is 509 g/mol. The maximum Gasteiger partial charge on any atom is 0.229 e. The van der Waals surface area contributed by atoms with Gasteiger partial charge in [-0.25, -0.2) is 9.37 Å². The van der Waals surface area contributed by atoms with Gasteiger partial charge in [0.15, 0.2) is 0 Å².